The van der Waals surface area contributed by atoms with Crippen molar-refractivity contribution in [2.75, 3.05) is 18.4 Å². The van der Waals surface area contributed by atoms with Gasteiger partial charge in [0.15, 0.2) is 0 Å². The number of aryl methyl sites for hydroxylation is 2. The topological polar surface area (TPSA) is 74.1 Å². The van der Waals surface area contributed by atoms with Crippen LogP contribution in [-0.4, -0.2) is 34.0 Å². The number of nitrogens with zero attached hydrogens (tertiary/aromatic N) is 4. The number of aromatic nitrogens is 2. The number of benzene rings is 2. The Morgan fingerprint density at radius 1 is 1.16 bits per heavy atom. The van der Waals surface area contributed by atoms with Gasteiger partial charge in [-0.3, -0.25) is 4.90 Å². The van der Waals surface area contributed by atoms with E-state index in [-0.39, 0.29) is 11.9 Å². The number of anilines is 1. The number of halogens is 1. The molecule has 0 aliphatic carbocycles. The third-order valence-electron chi connectivity index (χ3n) is 6.58. The Hall–Kier alpha value is -3.80. The summed E-state index contributed by atoms with van der Waals surface area (Å²) in [5.74, 6) is 1.70. The second kappa shape index (κ2) is 11.1. The van der Waals surface area contributed by atoms with E-state index in [1.54, 1.807) is 23.5 Å². The molecule has 1 aliphatic rings. The average molecular weight is 514 g/mol. The lowest BCUT2D eigenvalue weighted by molar-refractivity contribution is 0.208. The first-order chi connectivity index (χ1) is 18.0. The smallest absolute Gasteiger partial charge is 0.242 e. The molecule has 0 unspecified atom stereocenters. The summed E-state index contributed by atoms with van der Waals surface area (Å²) in [4.78, 5) is 11.8. The molecule has 6 nitrogen and oxygen atoms in total. The molecule has 5 rings (SSSR count). The number of nitriles is 1. The van der Waals surface area contributed by atoms with E-state index in [9.17, 15) is 4.39 Å². The van der Waals surface area contributed by atoms with Crippen LogP contribution in [0.2, 0.25) is 0 Å². The monoisotopic (exact) mass is 513 g/mol. The van der Waals surface area contributed by atoms with E-state index >= 15 is 0 Å². The molecule has 0 spiro atoms. The predicted molar refractivity (Wildman–Crippen MR) is 146 cm³/mol. The lowest BCUT2D eigenvalue weighted by Gasteiger charge is -2.32. The first-order valence-corrected chi connectivity index (χ1v) is 13.2. The van der Waals surface area contributed by atoms with Gasteiger partial charge in [-0.05, 0) is 79.1 Å². The summed E-state index contributed by atoms with van der Waals surface area (Å²) in [6.45, 7) is 6.36. The van der Waals surface area contributed by atoms with Crippen LogP contribution in [0.25, 0.3) is 16.3 Å². The number of likely N-dealkylation sites (tertiary alicyclic amines) is 1. The fraction of sp³-hybridized carbons (Fsp3) is 0.276. The van der Waals surface area contributed by atoms with E-state index in [1.807, 2.05) is 55.6 Å². The van der Waals surface area contributed by atoms with Gasteiger partial charge in [0.2, 0.25) is 11.8 Å². The van der Waals surface area contributed by atoms with E-state index in [1.165, 1.54) is 12.1 Å². The zero-order chi connectivity index (χ0) is 25.8. The molecule has 2 aromatic heterocycles. The van der Waals surface area contributed by atoms with Gasteiger partial charge in [-0.25, -0.2) is 9.37 Å². The van der Waals surface area contributed by atoms with Gasteiger partial charge in [0.1, 0.15) is 16.3 Å². The van der Waals surface area contributed by atoms with Crippen molar-refractivity contribution >= 4 is 33.6 Å². The van der Waals surface area contributed by atoms with Crippen LogP contribution in [0.15, 0.2) is 53.9 Å². The Bertz CT molecular complexity index is 1460. The second-order valence-electron chi connectivity index (χ2n) is 9.32. The van der Waals surface area contributed by atoms with Crippen LogP contribution in [0.3, 0.4) is 0 Å². The van der Waals surface area contributed by atoms with Crippen molar-refractivity contribution in [2.45, 2.75) is 39.3 Å². The molecule has 3 heterocycles. The summed E-state index contributed by atoms with van der Waals surface area (Å²) < 4.78 is 21.3. The van der Waals surface area contributed by atoms with Gasteiger partial charge >= 0.3 is 0 Å². The van der Waals surface area contributed by atoms with Crippen LogP contribution in [0.4, 0.5) is 10.3 Å². The van der Waals surface area contributed by atoms with E-state index in [0.717, 1.165) is 64.2 Å². The minimum atomic E-state index is -0.147. The van der Waals surface area contributed by atoms with Gasteiger partial charge in [-0.15, -0.1) is 11.3 Å². The summed E-state index contributed by atoms with van der Waals surface area (Å²) in [5, 5.41) is 14.3. The number of ether oxygens (including phenoxy) is 1. The van der Waals surface area contributed by atoms with Crippen molar-refractivity contribution in [1.29, 1.82) is 5.26 Å². The Morgan fingerprint density at radius 3 is 2.65 bits per heavy atom. The Morgan fingerprint density at radius 2 is 1.92 bits per heavy atom. The fourth-order valence-corrected chi connectivity index (χ4v) is 5.48. The maximum atomic E-state index is 14.0. The number of hydrogen-bond acceptors (Lipinski definition) is 7. The predicted octanol–water partition coefficient (Wildman–Crippen LogP) is 6.85. The molecule has 4 aromatic rings. The van der Waals surface area contributed by atoms with Gasteiger partial charge in [0, 0.05) is 37.3 Å². The molecule has 1 N–H and O–H groups in total. The molecule has 0 saturated carbocycles. The zero-order valence-electron chi connectivity index (χ0n) is 20.9. The first-order valence-electron chi connectivity index (χ1n) is 12.3. The molecular formula is C29H28FN5OS. The lowest BCUT2D eigenvalue weighted by Crippen LogP contribution is -2.39. The van der Waals surface area contributed by atoms with Gasteiger partial charge in [-0.1, -0.05) is 18.2 Å². The second-order valence-corrected chi connectivity index (χ2v) is 10.2. The van der Waals surface area contributed by atoms with E-state index in [4.69, 9.17) is 20.0 Å². The number of hydrogen-bond donors (Lipinski definition) is 1. The van der Waals surface area contributed by atoms with Crippen LogP contribution in [-0.2, 0) is 6.54 Å². The van der Waals surface area contributed by atoms with Crippen molar-refractivity contribution in [1.82, 2.24) is 14.9 Å². The Kier molecular flexibility index (Phi) is 7.45. The number of rotatable bonds is 7. The average Bonchev–Trinajstić information content (AvgIpc) is 3.36. The summed E-state index contributed by atoms with van der Waals surface area (Å²) >= 11 is 1.55. The quantitative estimate of drug-likeness (QED) is 0.272. The SMILES string of the molecule is Cc1cc(/C=C/C#N)cc(C)c1Oc1nc(NC2CCN(Cc3ccccc3F)CC2)nc2ccsc12. The maximum absolute atomic E-state index is 14.0. The Labute approximate surface area is 220 Å². The van der Waals surface area contributed by atoms with Crippen LogP contribution in [0.5, 0.6) is 11.6 Å². The molecule has 1 fully saturated rings. The molecule has 188 valence electrons. The van der Waals surface area contributed by atoms with E-state index in [2.05, 4.69) is 10.2 Å². The van der Waals surface area contributed by atoms with E-state index in [0.29, 0.717) is 18.4 Å². The van der Waals surface area contributed by atoms with Crippen LogP contribution in [0, 0.1) is 31.0 Å². The number of fused-ring (bicyclic) bond motifs is 1. The molecule has 0 amide bonds. The van der Waals surface area contributed by atoms with E-state index < -0.39 is 0 Å². The van der Waals surface area contributed by atoms with Gasteiger partial charge in [0.05, 0.1) is 11.6 Å². The normalized spacial score (nSPS) is 14.8. The zero-order valence-corrected chi connectivity index (χ0v) is 21.7. The molecule has 8 heteroatoms. The molecule has 1 saturated heterocycles. The largest absolute Gasteiger partial charge is 0.437 e. The highest BCUT2D eigenvalue weighted by molar-refractivity contribution is 7.17. The highest BCUT2D eigenvalue weighted by Gasteiger charge is 2.22. The molecule has 0 radical (unpaired) electrons. The van der Waals surface area contributed by atoms with Crippen molar-refractivity contribution in [3.05, 3.63) is 82.0 Å². The summed E-state index contributed by atoms with van der Waals surface area (Å²) in [6.07, 6.45) is 5.10. The van der Waals surface area contributed by atoms with Crippen molar-refractivity contribution in [3.63, 3.8) is 0 Å². The fourth-order valence-electron chi connectivity index (χ4n) is 4.73. The highest BCUT2D eigenvalue weighted by Crippen LogP contribution is 2.36. The first kappa shape index (κ1) is 24.9. The number of thiophene rings is 1. The van der Waals surface area contributed by atoms with Crippen molar-refractivity contribution < 1.29 is 9.13 Å². The molecule has 37 heavy (non-hydrogen) atoms. The standard InChI is InChI=1S/C29H28FN5OS/c1-19-16-21(6-5-12-31)17-20(2)26(19)36-28-27-25(11-15-37-27)33-29(34-28)32-23-9-13-35(14-10-23)18-22-7-3-4-8-24(22)30/h3-8,11,15-17,23H,9-10,13-14,18H2,1-2H3,(H,32,33,34)/b6-5+. The number of allylic oxidation sites excluding steroid dienone is 1. The van der Waals surface area contributed by atoms with Crippen LogP contribution < -0.4 is 10.1 Å². The van der Waals surface area contributed by atoms with Crippen molar-refractivity contribution in [3.8, 4) is 17.7 Å². The van der Waals surface area contributed by atoms with Crippen LogP contribution >= 0.6 is 11.3 Å². The minimum Gasteiger partial charge on any atom is -0.437 e. The van der Waals surface area contributed by atoms with Gasteiger partial charge in [-0.2, -0.15) is 10.2 Å². The Balaban J connectivity index is 1.30. The van der Waals surface area contributed by atoms with Gasteiger partial charge in [0.25, 0.3) is 0 Å². The molecule has 1 aliphatic heterocycles. The van der Waals surface area contributed by atoms with Crippen molar-refractivity contribution in [2.24, 2.45) is 0 Å². The molecular weight excluding hydrogens is 485 g/mol. The van der Waals surface area contributed by atoms with Gasteiger partial charge < -0.3 is 10.1 Å². The summed E-state index contributed by atoms with van der Waals surface area (Å²) in [6, 6.07) is 15.2. The highest BCUT2D eigenvalue weighted by atomic mass is 32.1. The molecule has 2 aromatic carbocycles. The maximum Gasteiger partial charge on any atom is 0.242 e. The number of piperidine rings is 1. The van der Waals surface area contributed by atoms with Crippen LogP contribution in [0.1, 0.15) is 35.1 Å². The molecule has 0 atom stereocenters. The third kappa shape index (κ3) is 5.79. The third-order valence-corrected chi connectivity index (χ3v) is 7.47. The summed E-state index contributed by atoms with van der Waals surface area (Å²) in [7, 11) is 0. The summed E-state index contributed by atoms with van der Waals surface area (Å²) in [5.41, 5.74) is 4.48. The number of nitrogens with one attached hydrogen (secondary N) is 1. The lowest BCUT2D eigenvalue weighted by atomic mass is 10.0. The minimum absolute atomic E-state index is 0.147. The molecule has 0 bridgehead atoms.